The number of ether oxygens (including phenoxy) is 2. The summed E-state index contributed by atoms with van der Waals surface area (Å²) in [7, 11) is -1.28. The molecule has 0 saturated heterocycles. The minimum atomic E-state index is -4.15. The Morgan fingerprint density at radius 3 is 2.33 bits per heavy atom. The van der Waals surface area contributed by atoms with Gasteiger partial charge in [0.2, 0.25) is 5.91 Å². The van der Waals surface area contributed by atoms with Gasteiger partial charge in [0.15, 0.2) is 0 Å². The van der Waals surface area contributed by atoms with Crippen molar-refractivity contribution in [3.8, 4) is 11.5 Å². The number of nitrogens with zero attached hydrogens (tertiary/aromatic N) is 1. The van der Waals surface area contributed by atoms with Crippen molar-refractivity contribution in [3.63, 3.8) is 0 Å². The molecule has 2 rings (SSSR count). The summed E-state index contributed by atoms with van der Waals surface area (Å²) in [4.78, 5) is 12.6. The zero-order valence-electron chi connectivity index (χ0n) is 17.7. The Morgan fingerprint density at radius 2 is 1.77 bits per heavy atom. The van der Waals surface area contributed by atoms with Crippen LogP contribution in [0.5, 0.6) is 11.5 Å². The first-order valence-corrected chi connectivity index (χ1v) is 11.3. The number of benzene rings is 2. The molecule has 2 aromatic rings. The Kier molecular flexibility index (Phi) is 7.97. The lowest BCUT2D eigenvalue weighted by molar-refractivity contribution is -0.120. The van der Waals surface area contributed by atoms with Gasteiger partial charge in [-0.05, 0) is 56.2 Å². The van der Waals surface area contributed by atoms with Crippen molar-refractivity contribution in [2.45, 2.75) is 38.1 Å². The third-order valence-corrected chi connectivity index (χ3v) is 6.71. The Bertz CT molecular complexity index is 1010. The summed E-state index contributed by atoms with van der Waals surface area (Å²) in [5, 5.41) is 3.03. The highest BCUT2D eigenvalue weighted by Crippen LogP contribution is 2.34. The number of halogens is 1. The van der Waals surface area contributed by atoms with Crippen molar-refractivity contribution < 1.29 is 22.7 Å². The smallest absolute Gasteiger partial charge is 0.268 e. The molecular formula is C21H27ClN2O5S. The minimum Gasteiger partial charge on any atom is -0.495 e. The van der Waals surface area contributed by atoms with Gasteiger partial charge in [0.25, 0.3) is 10.0 Å². The summed E-state index contributed by atoms with van der Waals surface area (Å²) in [5.41, 5.74) is 0.981. The van der Waals surface area contributed by atoms with Gasteiger partial charge in [0.05, 0.1) is 24.9 Å². The van der Waals surface area contributed by atoms with E-state index in [9.17, 15) is 13.2 Å². The number of rotatable bonds is 9. The highest BCUT2D eigenvalue weighted by Gasteiger charge is 2.31. The Morgan fingerprint density at radius 1 is 1.13 bits per heavy atom. The molecule has 0 heterocycles. The highest BCUT2D eigenvalue weighted by molar-refractivity contribution is 7.93. The number of amides is 1. The normalized spacial score (nSPS) is 12.2. The van der Waals surface area contributed by atoms with E-state index >= 15 is 0 Å². The SMILES string of the molecule is CC[C@@H](C)NC(=O)CN(c1ccc(OC)c(Cl)c1)S(=O)(=O)c1cc(C)ccc1OC. The van der Waals surface area contributed by atoms with E-state index in [2.05, 4.69) is 5.32 Å². The molecule has 0 saturated carbocycles. The van der Waals surface area contributed by atoms with Crippen LogP contribution in [0.4, 0.5) is 5.69 Å². The predicted octanol–water partition coefficient (Wildman–Crippen LogP) is 3.78. The average Bonchev–Trinajstić information content (AvgIpc) is 2.71. The molecule has 164 valence electrons. The third kappa shape index (κ3) is 5.37. The van der Waals surface area contributed by atoms with Gasteiger partial charge in [-0.1, -0.05) is 24.6 Å². The molecule has 1 N–H and O–H groups in total. The second kappa shape index (κ2) is 10.0. The van der Waals surface area contributed by atoms with Crippen LogP contribution in [-0.2, 0) is 14.8 Å². The average molecular weight is 455 g/mol. The third-order valence-electron chi connectivity index (χ3n) is 4.62. The van der Waals surface area contributed by atoms with Gasteiger partial charge in [0, 0.05) is 6.04 Å². The number of methoxy groups -OCH3 is 2. The van der Waals surface area contributed by atoms with Crippen molar-refractivity contribution in [2.75, 3.05) is 25.1 Å². The first kappa shape index (κ1) is 23.8. The van der Waals surface area contributed by atoms with Crippen LogP contribution in [0, 0.1) is 6.92 Å². The zero-order chi connectivity index (χ0) is 22.5. The number of aryl methyl sites for hydroxylation is 1. The summed E-state index contributed by atoms with van der Waals surface area (Å²) in [6.45, 7) is 5.15. The van der Waals surface area contributed by atoms with Gasteiger partial charge in [-0.2, -0.15) is 0 Å². The second-order valence-electron chi connectivity index (χ2n) is 6.86. The molecule has 0 aliphatic heterocycles. The summed E-state index contributed by atoms with van der Waals surface area (Å²) in [6.07, 6.45) is 0.721. The Labute approximate surface area is 183 Å². The molecule has 1 amide bonds. The second-order valence-corrected chi connectivity index (χ2v) is 9.10. The quantitative estimate of drug-likeness (QED) is 0.623. The van der Waals surface area contributed by atoms with Gasteiger partial charge >= 0.3 is 0 Å². The van der Waals surface area contributed by atoms with Crippen LogP contribution in [-0.4, -0.2) is 41.1 Å². The summed E-state index contributed by atoms with van der Waals surface area (Å²) >= 11 is 6.23. The largest absolute Gasteiger partial charge is 0.495 e. The van der Waals surface area contributed by atoms with Crippen molar-refractivity contribution >= 4 is 33.2 Å². The minimum absolute atomic E-state index is 0.0340. The fourth-order valence-electron chi connectivity index (χ4n) is 2.78. The molecule has 7 nitrogen and oxygen atoms in total. The van der Waals surface area contributed by atoms with Crippen molar-refractivity contribution in [2.24, 2.45) is 0 Å². The number of carbonyl (C=O) groups excluding carboxylic acids is 1. The number of carbonyl (C=O) groups is 1. The standard InChI is InChI=1S/C21H27ClN2O5S/c1-6-15(3)23-21(25)13-24(16-8-10-18(28-4)17(22)12-16)30(26,27)20-11-14(2)7-9-19(20)29-5/h7-12,15H,6,13H2,1-5H3,(H,23,25)/t15-/m1/s1. The van der Waals surface area contributed by atoms with Crippen molar-refractivity contribution in [1.82, 2.24) is 5.32 Å². The van der Waals surface area contributed by atoms with E-state index < -0.39 is 22.5 Å². The summed E-state index contributed by atoms with van der Waals surface area (Å²) in [6, 6.07) is 9.31. The number of hydrogen-bond acceptors (Lipinski definition) is 5. The van der Waals surface area contributed by atoms with E-state index in [0.717, 1.165) is 16.3 Å². The van der Waals surface area contributed by atoms with E-state index in [4.69, 9.17) is 21.1 Å². The topological polar surface area (TPSA) is 84.9 Å². The fraction of sp³-hybridized carbons (Fsp3) is 0.381. The fourth-order valence-corrected chi connectivity index (χ4v) is 4.69. The number of hydrogen-bond donors (Lipinski definition) is 1. The molecule has 0 spiro atoms. The molecular weight excluding hydrogens is 428 g/mol. The molecule has 0 bridgehead atoms. The van der Waals surface area contributed by atoms with Crippen LogP contribution >= 0.6 is 11.6 Å². The first-order valence-electron chi connectivity index (χ1n) is 9.44. The molecule has 2 aromatic carbocycles. The summed E-state index contributed by atoms with van der Waals surface area (Å²) < 4.78 is 38.7. The van der Waals surface area contributed by atoms with Crippen LogP contribution in [0.25, 0.3) is 0 Å². The van der Waals surface area contributed by atoms with Crippen LogP contribution in [0.15, 0.2) is 41.3 Å². The van der Waals surface area contributed by atoms with E-state index in [-0.39, 0.29) is 27.4 Å². The molecule has 30 heavy (non-hydrogen) atoms. The molecule has 9 heteroatoms. The summed E-state index contributed by atoms with van der Waals surface area (Å²) in [5.74, 6) is 0.161. The number of nitrogens with one attached hydrogen (secondary N) is 1. The van der Waals surface area contributed by atoms with Crippen LogP contribution in [0.2, 0.25) is 5.02 Å². The lowest BCUT2D eigenvalue weighted by Gasteiger charge is -2.26. The van der Waals surface area contributed by atoms with Crippen LogP contribution in [0.1, 0.15) is 25.8 Å². The van der Waals surface area contributed by atoms with Gasteiger partial charge in [-0.3, -0.25) is 9.10 Å². The molecule has 0 aromatic heterocycles. The highest BCUT2D eigenvalue weighted by atomic mass is 35.5. The lowest BCUT2D eigenvalue weighted by Crippen LogP contribution is -2.43. The zero-order valence-corrected chi connectivity index (χ0v) is 19.3. The van der Waals surface area contributed by atoms with E-state index in [1.54, 1.807) is 31.2 Å². The van der Waals surface area contributed by atoms with Gasteiger partial charge in [-0.25, -0.2) is 8.42 Å². The Hall–Kier alpha value is -2.45. The molecule has 0 fully saturated rings. The predicted molar refractivity (Wildman–Crippen MR) is 118 cm³/mol. The molecule has 1 atom stereocenters. The molecule has 0 aliphatic carbocycles. The van der Waals surface area contributed by atoms with E-state index in [0.29, 0.717) is 5.75 Å². The Balaban J connectivity index is 2.59. The lowest BCUT2D eigenvalue weighted by atomic mass is 10.2. The number of sulfonamides is 1. The first-order chi connectivity index (χ1) is 14.1. The van der Waals surface area contributed by atoms with Crippen LogP contribution in [0.3, 0.4) is 0 Å². The van der Waals surface area contributed by atoms with Crippen molar-refractivity contribution in [3.05, 3.63) is 47.0 Å². The van der Waals surface area contributed by atoms with Gasteiger partial charge in [-0.15, -0.1) is 0 Å². The maximum Gasteiger partial charge on any atom is 0.268 e. The monoisotopic (exact) mass is 454 g/mol. The van der Waals surface area contributed by atoms with E-state index in [1.807, 2.05) is 13.8 Å². The molecule has 0 aliphatic rings. The van der Waals surface area contributed by atoms with Crippen molar-refractivity contribution in [1.29, 1.82) is 0 Å². The maximum atomic E-state index is 13.6. The molecule has 0 radical (unpaired) electrons. The van der Waals surface area contributed by atoms with Gasteiger partial charge in [0.1, 0.15) is 22.9 Å². The van der Waals surface area contributed by atoms with Gasteiger partial charge < -0.3 is 14.8 Å². The van der Waals surface area contributed by atoms with E-state index in [1.165, 1.54) is 26.4 Å². The number of anilines is 1. The molecule has 0 unspecified atom stereocenters. The van der Waals surface area contributed by atoms with Crippen LogP contribution < -0.4 is 19.1 Å². The maximum absolute atomic E-state index is 13.6.